The van der Waals surface area contributed by atoms with E-state index in [0.717, 1.165) is 10.9 Å². The molecule has 0 aliphatic carbocycles. The van der Waals surface area contributed by atoms with E-state index in [0.29, 0.717) is 24.1 Å². The summed E-state index contributed by atoms with van der Waals surface area (Å²) >= 11 is 0. The highest BCUT2D eigenvalue weighted by Crippen LogP contribution is 2.36. The number of quaternary nitrogens is 1. The Balaban J connectivity index is 1.45. The SMILES string of the molecule is C[N@+]12CCCC[C@H]1[C@@H](COC(=O)CNC(=O)c1ccccc1)CCC2. The number of fused-ring (bicyclic) bond motifs is 1. The van der Waals surface area contributed by atoms with Gasteiger partial charge in [0.2, 0.25) is 0 Å². The molecule has 5 nitrogen and oxygen atoms in total. The van der Waals surface area contributed by atoms with Gasteiger partial charge in [-0.15, -0.1) is 0 Å². The van der Waals surface area contributed by atoms with Crippen molar-refractivity contribution in [3.8, 4) is 0 Å². The van der Waals surface area contributed by atoms with Crippen LogP contribution in [0.15, 0.2) is 30.3 Å². The molecule has 1 N–H and O–H groups in total. The number of amides is 1. The molecule has 1 aromatic carbocycles. The average molecular weight is 345 g/mol. The number of benzene rings is 1. The van der Waals surface area contributed by atoms with Crippen LogP contribution in [0.4, 0.5) is 0 Å². The number of nitrogens with zero attached hydrogens (tertiary/aromatic N) is 1. The van der Waals surface area contributed by atoms with Crippen LogP contribution in [0.2, 0.25) is 0 Å². The van der Waals surface area contributed by atoms with Gasteiger partial charge in [-0.3, -0.25) is 9.59 Å². The molecule has 136 valence electrons. The first-order chi connectivity index (χ1) is 12.1. The minimum atomic E-state index is -0.347. The Hall–Kier alpha value is -1.88. The number of hydrogen-bond acceptors (Lipinski definition) is 3. The molecule has 2 aliphatic heterocycles. The first kappa shape index (κ1) is 17.9. The predicted molar refractivity (Wildman–Crippen MR) is 96.0 cm³/mol. The highest BCUT2D eigenvalue weighted by Gasteiger charge is 2.43. The van der Waals surface area contributed by atoms with Crippen molar-refractivity contribution in [2.75, 3.05) is 33.3 Å². The van der Waals surface area contributed by atoms with Gasteiger partial charge in [0, 0.05) is 17.9 Å². The second-order valence-electron chi connectivity index (χ2n) is 7.62. The fourth-order valence-corrected chi connectivity index (χ4v) is 4.52. The number of carbonyl (C=O) groups is 2. The molecule has 2 saturated heterocycles. The maximum Gasteiger partial charge on any atom is 0.325 e. The fourth-order valence-electron chi connectivity index (χ4n) is 4.52. The van der Waals surface area contributed by atoms with Gasteiger partial charge in [-0.2, -0.15) is 0 Å². The molecule has 1 aromatic rings. The molecule has 2 fully saturated rings. The van der Waals surface area contributed by atoms with E-state index < -0.39 is 0 Å². The van der Waals surface area contributed by atoms with Crippen molar-refractivity contribution < 1.29 is 18.8 Å². The van der Waals surface area contributed by atoms with Crippen LogP contribution in [0.5, 0.6) is 0 Å². The van der Waals surface area contributed by atoms with E-state index in [1.807, 2.05) is 6.07 Å². The summed E-state index contributed by atoms with van der Waals surface area (Å²) in [6.07, 6.45) is 6.19. The molecule has 0 spiro atoms. The van der Waals surface area contributed by atoms with Gasteiger partial charge in [-0.05, 0) is 37.8 Å². The van der Waals surface area contributed by atoms with Crippen molar-refractivity contribution in [3.63, 3.8) is 0 Å². The molecular formula is C20H29N2O3+. The second-order valence-corrected chi connectivity index (χ2v) is 7.62. The Kier molecular flexibility index (Phi) is 5.74. The molecule has 0 bridgehead atoms. The van der Waals surface area contributed by atoms with Gasteiger partial charge in [0.05, 0.1) is 32.8 Å². The lowest BCUT2D eigenvalue weighted by Gasteiger charge is -2.51. The molecule has 0 saturated carbocycles. The summed E-state index contributed by atoms with van der Waals surface area (Å²) in [5.74, 6) is -0.139. The lowest BCUT2D eigenvalue weighted by Crippen LogP contribution is -2.61. The van der Waals surface area contributed by atoms with Crippen molar-refractivity contribution in [3.05, 3.63) is 35.9 Å². The van der Waals surface area contributed by atoms with E-state index in [2.05, 4.69) is 12.4 Å². The van der Waals surface area contributed by atoms with Gasteiger partial charge < -0.3 is 14.5 Å². The van der Waals surface area contributed by atoms with Crippen molar-refractivity contribution in [1.29, 1.82) is 0 Å². The summed E-state index contributed by atoms with van der Waals surface area (Å²) in [7, 11) is 2.36. The van der Waals surface area contributed by atoms with E-state index in [1.54, 1.807) is 24.3 Å². The predicted octanol–water partition coefficient (Wildman–Crippen LogP) is 2.37. The molecule has 0 aromatic heterocycles. The van der Waals surface area contributed by atoms with Gasteiger partial charge >= 0.3 is 5.97 Å². The second kappa shape index (κ2) is 8.00. The Bertz CT molecular complexity index is 600. The third kappa shape index (κ3) is 4.40. The van der Waals surface area contributed by atoms with E-state index >= 15 is 0 Å². The Labute approximate surface area is 149 Å². The number of carbonyl (C=O) groups excluding carboxylic acids is 2. The molecule has 2 aliphatic rings. The van der Waals surface area contributed by atoms with Crippen LogP contribution in [0, 0.1) is 5.92 Å². The summed E-state index contributed by atoms with van der Waals surface area (Å²) in [6, 6.07) is 9.53. The molecule has 25 heavy (non-hydrogen) atoms. The first-order valence-electron chi connectivity index (χ1n) is 9.41. The highest BCUT2D eigenvalue weighted by atomic mass is 16.5. The summed E-state index contributed by atoms with van der Waals surface area (Å²) in [5, 5.41) is 2.63. The van der Waals surface area contributed by atoms with Gasteiger partial charge in [-0.25, -0.2) is 0 Å². The van der Waals surface area contributed by atoms with Crippen molar-refractivity contribution in [1.82, 2.24) is 5.32 Å². The fraction of sp³-hybridized carbons (Fsp3) is 0.600. The van der Waals surface area contributed by atoms with Crippen molar-refractivity contribution >= 4 is 11.9 Å². The Morgan fingerprint density at radius 1 is 1.12 bits per heavy atom. The zero-order chi connectivity index (χ0) is 17.7. The molecule has 0 radical (unpaired) electrons. The number of ether oxygens (including phenoxy) is 1. The van der Waals surface area contributed by atoms with Gasteiger partial charge in [-0.1, -0.05) is 18.2 Å². The molecule has 1 amide bonds. The van der Waals surface area contributed by atoms with Crippen LogP contribution in [0.25, 0.3) is 0 Å². The Morgan fingerprint density at radius 3 is 2.68 bits per heavy atom. The van der Waals surface area contributed by atoms with Crippen LogP contribution < -0.4 is 5.32 Å². The van der Waals surface area contributed by atoms with Crippen molar-refractivity contribution in [2.45, 2.75) is 38.1 Å². The average Bonchev–Trinajstić information content (AvgIpc) is 2.64. The molecule has 2 heterocycles. The number of nitrogens with one attached hydrogen (secondary N) is 1. The van der Waals surface area contributed by atoms with E-state index in [-0.39, 0.29) is 18.4 Å². The molecule has 0 unspecified atom stereocenters. The quantitative estimate of drug-likeness (QED) is 0.658. The molecular weight excluding hydrogens is 316 g/mol. The number of esters is 1. The molecule has 5 heteroatoms. The lowest BCUT2D eigenvalue weighted by molar-refractivity contribution is -0.947. The Morgan fingerprint density at radius 2 is 1.88 bits per heavy atom. The summed E-state index contributed by atoms with van der Waals surface area (Å²) in [5.41, 5.74) is 0.554. The van der Waals surface area contributed by atoms with Gasteiger partial charge in [0.25, 0.3) is 5.91 Å². The monoisotopic (exact) mass is 345 g/mol. The number of piperidine rings is 2. The highest BCUT2D eigenvalue weighted by molar-refractivity contribution is 5.95. The van der Waals surface area contributed by atoms with E-state index in [9.17, 15) is 9.59 Å². The zero-order valence-corrected chi connectivity index (χ0v) is 15.1. The van der Waals surface area contributed by atoms with Gasteiger partial charge in [0.1, 0.15) is 6.54 Å². The zero-order valence-electron chi connectivity index (χ0n) is 15.1. The first-order valence-corrected chi connectivity index (χ1v) is 9.41. The van der Waals surface area contributed by atoms with E-state index in [1.165, 1.54) is 38.8 Å². The maximum atomic E-state index is 12.0. The maximum absolute atomic E-state index is 12.0. The topological polar surface area (TPSA) is 55.4 Å². The summed E-state index contributed by atoms with van der Waals surface area (Å²) in [4.78, 5) is 24.0. The minimum absolute atomic E-state index is 0.0722. The van der Waals surface area contributed by atoms with E-state index in [4.69, 9.17) is 4.74 Å². The third-order valence-corrected chi connectivity index (χ3v) is 5.90. The van der Waals surface area contributed by atoms with Crippen LogP contribution >= 0.6 is 0 Å². The van der Waals surface area contributed by atoms with Gasteiger partial charge in [0.15, 0.2) is 0 Å². The minimum Gasteiger partial charge on any atom is -0.464 e. The largest absolute Gasteiger partial charge is 0.464 e. The smallest absolute Gasteiger partial charge is 0.325 e. The van der Waals surface area contributed by atoms with Crippen molar-refractivity contribution in [2.24, 2.45) is 5.92 Å². The van der Waals surface area contributed by atoms with Crippen LogP contribution in [-0.4, -0.2) is 55.7 Å². The number of hydrogen-bond donors (Lipinski definition) is 1. The van der Waals surface area contributed by atoms with Crippen LogP contribution in [0.3, 0.4) is 0 Å². The number of rotatable bonds is 5. The van der Waals surface area contributed by atoms with Crippen LogP contribution in [0.1, 0.15) is 42.5 Å². The molecule has 3 atom stereocenters. The lowest BCUT2D eigenvalue weighted by atomic mass is 9.82. The van der Waals surface area contributed by atoms with Crippen LogP contribution in [-0.2, 0) is 9.53 Å². The standard InChI is InChI=1S/C20H28N2O3/c1-22-12-6-5-11-18(22)17(10-7-13-22)15-25-19(23)14-21-20(24)16-8-3-2-4-9-16/h2-4,8-9,17-18H,5-7,10-15H2,1H3/p+1/t17-,18+,22-/m1/s1. The summed E-state index contributed by atoms with van der Waals surface area (Å²) in [6.45, 7) is 2.92. The molecule has 3 rings (SSSR count). The normalized spacial score (nSPS) is 28.7. The summed E-state index contributed by atoms with van der Waals surface area (Å²) < 4.78 is 6.64. The third-order valence-electron chi connectivity index (χ3n) is 5.90.